The van der Waals surface area contributed by atoms with Crippen molar-refractivity contribution in [1.82, 2.24) is 9.80 Å². The third-order valence-electron chi connectivity index (χ3n) is 4.38. The Labute approximate surface area is 162 Å². The largest absolute Gasteiger partial charge is 0.440 e. The molecular weight excluding hydrogens is 392 g/mol. The molecule has 1 aliphatic heterocycles. The molecule has 1 aliphatic rings. The van der Waals surface area contributed by atoms with Crippen molar-refractivity contribution in [3.8, 4) is 0 Å². The second kappa shape index (κ2) is 7.74. The topological polar surface area (TPSA) is 87.9 Å². The first-order valence-electron chi connectivity index (χ1n) is 8.36. The molecule has 2 amide bonds. The van der Waals surface area contributed by atoms with Crippen LogP contribution in [0, 0.1) is 0 Å². The van der Waals surface area contributed by atoms with Crippen molar-refractivity contribution >= 4 is 33.3 Å². The lowest BCUT2D eigenvalue weighted by Crippen LogP contribution is -2.50. The third-order valence-corrected chi connectivity index (χ3v) is 5.70. The first-order valence-corrected chi connectivity index (χ1v) is 10.6. The van der Waals surface area contributed by atoms with Crippen LogP contribution in [0.1, 0.15) is 16.1 Å². The van der Waals surface area contributed by atoms with E-state index in [1.165, 1.54) is 12.1 Å². The van der Waals surface area contributed by atoms with Crippen molar-refractivity contribution in [3.05, 3.63) is 52.7 Å². The van der Waals surface area contributed by atoms with Gasteiger partial charge in [0.15, 0.2) is 5.76 Å². The van der Waals surface area contributed by atoms with E-state index in [2.05, 4.69) is 0 Å². The highest BCUT2D eigenvalue weighted by Gasteiger charge is 2.27. The standard InChI is InChI=1S/C18H19ClN2O5S/c1-27(24,25)17-7-6-15(26-17)18(23)21-10-8-20(9-11-21)16(22)12-13-4-2-3-5-14(13)19/h2-7H,8-12H2,1H3. The fourth-order valence-electron chi connectivity index (χ4n) is 2.87. The minimum atomic E-state index is -3.50. The minimum Gasteiger partial charge on any atom is -0.440 e. The average Bonchev–Trinajstić information content (AvgIpc) is 3.14. The molecule has 7 nitrogen and oxygen atoms in total. The minimum absolute atomic E-state index is 0.0220. The zero-order valence-electron chi connectivity index (χ0n) is 14.7. The number of halogens is 1. The Kier molecular flexibility index (Phi) is 5.57. The van der Waals surface area contributed by atoms with Gasteiger partial charge in [-0.05, 0) is 23.8 Å². The maximum absolute atomic E-state index is 12.5. The Bertz CT molecular complexity index is 962. The number of carbonyl (C=O) groups excluding carboxylic acids is 2. The molecule has 3 rings (SSSR count). The van der Waals surface area contributed by atoms with Crippen molar-refractivity contribution in [2.24, 2.45) is 0 Å². The SMILES string of the molecule is CS(=O)(=O)c1ccc(C(=O)N2CCN(C(=O)Cc3ccccc3Cl)CC2)o1. The lowest BCUT2D eigenvalue weighted by atomic mass is 10.1. The fraction of sp³-hybridized carbons (Fsp3) is 0.333. The van der Waals surface area contributed by atoms with Crippen LogP contribution in [-0.4, -0.2) is 62.5 Å². The molecule has 144 valence electrons. The Balaban J connectivity index is 1.58. The Morgan fingerprint density at radius 1 is 1.04 bits per heavy atom. The summed E-state index contributed by atoms with van der Waals surface area (Å²) in [6.07, 6.45) is 1.23. The van der Waals surface area contributed by atoms with Gasteiger partial charge >= 0.3 is 0 Å². The first-order chi connectivity index (χ1) is 12.8. The normalized spacial score (nSPS) is 15.0. The maximum Gasteiger partial charge on any atom is 0.289 e. The molecule has 1 aromatic carbocycles. The number of sulfone groups is 1. The summed E-state index contributed by atoms with van der Waals surface area (Å²) in [5.74, 6) is -0.457. The van der Waals surface area contributed by atoms with Crippen molar-refractivity contribution in [3.63, 3.8) is 0 Å². The molecule has 0 N–H and O–H groups in total. The quantitative estimate of drug-likeness (QED) is 0.767. The van der Waals surface area contributed by atoms with Crippen LogP contribution in [0.2, 0.25) is 5.02 Å². The highest BCUT2D eigenvalue weighted by Crippen LogP contribution is 2.18. The van der Waals surface area contributed by atoms with Crippen LogP contribution in [0.15, 0.2) is 45.9 Å². The molecule has 0 unspecified atom stereocenters. The molecule has 0 saturated carbocycles. The number of hydrogen-bond acceptors (Lipinski definition) is 5. The summed E-state index contributed by atoms with van der Waals surface area (Å²) in [6, 6.07) is 9.83. The van der Waals surface area contributed by atoms with E-state index in [9.17, 15) is 18.0 Å². The summed E-state index contributed by atoms with van der Waals surface area (Å²) in [5.41, 5.74) is 0.770. The van der Waals surface area contributed by atoms with E-state index in [0.29, 0.717) is 31.2 Å². The van der Waals surface area contributed by atoms with Gasteiger partial charge in [-0.2, -0.15) is 0 Å². The molecule has 1 aromatic heterocycles. The number of benzene rings is 1. The second-order valence-electron chi connectivity index (χ2n) is 6.33. The van der Waals surface area contributed by atoms with E-state index in [0.717, 1.165) is 11.8 Å². The number of carbonyl (C=O) groups is 2. The lowest BCUT2D eigenvalue weighted by molar-refractivity contribution is -0.131. The summed E-state index contributed by atoms with van der Waals surface area (Å²) in [6.45, 7) is 1.49. The molecule has 27 heavy (non-hydrogen) atoms. The van der Waals surface area contributed by atoms with Crippen molar-refractivity contribution in [1.29, 1.82) is 0 Å². The molecule has 2 aromatic rings. The zero-order valence-corrected chi connectivity index (χ0v) is 16.3. The molecule has 1 saturated heterocycles. The van der Waals surface area contributed by atoms with Crippen molar-refractivity contribution in [2.45, 2.75) is 11.5 Å². The van der Waals surface area contributed by atoms with Gasteiger partial charge in [0, 0.05) is 37.5 Å². The van der Waals surface area contributed by atoms with E-state index < -0.39 is 9.84 Å². The Morgan fingerprint density at radius 3 is 2.26 bits per heavy atom. The van der Waals surface area contributed by atoms with Crippen molar-refractivity contribution < 1.29 is 22.4 Å². The van der Waals surface area contributed by atoms with Crippen LogP contribution in [-0.2, 0) is 21.1 Å². The van der Waals surface area contributed by atoms with E-state index in [4.69, 9.17) is 16.0 Å². The van der Waals surface area contributed by atoms with Crippen LogP contribution >= 0.6 is 11.6 Å². The van der Waals surface area contributed by atoms with Gasteiger partial charge in [0.05, 0.1) is 6.42 Å². The zero-order chi connectivity index (χ0) is 19.6. The summed E-state index contributed by atoms with van der Waals surface area (Å²) in [7, 11) is -3.50. The van der Waals surface area contributed by atoms with Gasteiger partial charge in [-0.3, -0.25) is 9.59 Å². The van der Waals surface area contributed by atoms with Crippen molar-refractivity contribution in [2.75, 3.05) is 32.4 Å². The number of hydrogen-bond donors (Lipinski definition) is 0. The smallest absolute Gasteiger partial charge is 0.289 e. The average molecular weight is 411 g/mol. The highest BCUT2D eigenvalue weighted by molar-refractivity contribution is 7.90. The van der Waals surface area contributed by atoms with E-state index in [-0.39, 0.29) is 29.1 Å². The monoisotopic (exact) mass is 410 g/mol. The van der Waals surface area contributed by atoms with Gasteiger partial charge in [-0.1, -0.05) is 29.8 Å². The van der Waals surface area contributed by atoms with Crippen LogP contribution < -0.4 is 0 Å². The van der Waals surface area contributed by atoms with Gasteiger partial charge in [0.25, 0.3) is 5.91 Å². The number of amides is 2. The highest BCUT2D eigenvalue weighted by atomic mass is 35.5. The number of rotatable bonds is 4. The van der Waals surface area contributed by atoms with Gasteiger partial charge in [-0.15, -0.1) is 0 Å². The molecule has 9 heteroatoms. The maximum atomic E-state index is 12.5. The summed E-state index contributed by atoms with van der Waals surface area (Å²) in [4.78, 5) is 28.2. The number of piperazine rings is 1. The summed E-state index contributed by atoms with van der Waals surface area (Å²) < 4.78 is 28.1. The van der Waals surface area contributed by atoms with Gasteiger partial charge in [-0.25, -0.2) is 8.42 Å². The molecule has 0 aliphatic carbocycles. The number of nitrogens with zero attached hydrogens (tertiary/aromatic N) is 2. The van der Waals surface area contributed by atoms with E-state index in [1.807, 2.05) is 18.2 Å². The Morgan fingerprint density at radius 2 is 1.67 bits per heavy atom. The van der Waals surface area contributed by atoms with E-state index in [1.54, 1.807) is 15.9 Å². The first kappa shape index (κ1) is 19.4. The van der Waals surface area contributed by atoms with Crippen LogP contribution in [0.25, 0.3) is 0 Å². The van der Waals surface area contributed by atoms with Crippen LogP contribution in [0.5, 0.6) is 0 Å². The predicted molar refractivity (Wildman–Crippen MR) is 99.5 cm³/mol. The molecule has 0 atom stereocenters. The van der Waals surface area contributed by atoms with Crippen LogP contribution in [0.3, 0.4) is 0 Å². The summed E-state index contributed by atoms with van der Waals surface area (Å²) in [5, 5.41) is 0.318. The Hall–Kier alpha value is -2.32. The van der Waals surface area contributed by atoms with Gasteiger partial charge < -0.3 is 14.2 Å². The molecule has 2 heterocycles. The predicted octanol–water partition coefficient (Wildman–Crippen LogP) is 1.86. The number of furan rings is 1. The second-order valence-corrected chi connectivity index (χ2v) is 8.69. The molecule has 0 spiro atoms. The van der Waals surface area contributed by atoms with Gasteiger partial charge in [0.2, 0.25) is 20.8 Å². The lowest BCUT2D eigenvalue weighted by Gasteiger charge is -2.34. The van der Waals surface area contributed by atoms with Crippen LogP contribution in [0.4, 0.5) is 0 Å². The fourth-order valence-corrected chi connectivity index (χ4v) is 3.62. The third kappa shape index (κ3) is 4.51. The van der Waals surface area contributed by atoms with Gasteiger partial charge in [0.1, 0.15) is 0 Å². The molecule has 1 fully saturated rings. The molecule has 0 bridgehead atoms. The molecular formula is C18H19ClN2O5S. The van der Waals surface area contributed by atoms with E-state index >= 15 is 0 Å². The molecule has 0 radical (unpaired) electrons. The summed E-state index contributed by atoms with van der Waals surface area (Å²) >= 11 is 6.10.